The number of amides is 1. The van der Waals surface area contributed by atoms with Crippen molar-refractivity contribution in [3.05, 3.63) is 53.5 Å². The summed E-state index contributed by atoms with van der Waals surface area (Å²) in [7, 11) is 0. The van der Waals surface area contributed by atoms with Crippen LogP contribution in [0, 0.1) is 6.92 Å². The molecule has 0 bridgehead atoms. The minimum atomic E-state index is -1.08. The molecule has 3 aromatic rings. The van der Waals surface area contributed by atoms with Crippen LogP contribution < -0.4 is 5.32 Å². The van der Waals surface area contributed by atoms with Gasteiger partial charge in [0.2, 0.25) is 0 Å². The molecular formula is C15H11N3O4. The minimum absolute atomic E-state index is 0.0651. The highest BCUT2D eigenvalue weighted by atomic mass is 16.5. The van der Waals surface area contributed by atoms with Crippen molar-refractivity contribution in [2.24, 2.45) is 0 Å². The van der Waals surface area contributed by atoms with E-state index in [4.69, 9.17) is 0 Å². The van der Waals surface area contributed by atoms with Crippen molar-refractivity contribution < 1.29 is 19.2 Å². The van der Waals surface area contributed by atoms with E-state index < -0.39 is 11.9 Å². The predicted molar refractivity (Wildman–Crippen MR) is 77.9 cm³/mol. The van der Waals surface area contributed by atoms with Gasteiger partial charge in [0.15, 0.2) is 5.69 Å². The van der Waals surface area contributed by atoms with Gasteiger partial charge in [-0.1, -0.05) is 5.16 Å². The van der Waals surface area contributed by atoms with Crippen LogP contribution in [0.25, 0.3) is 10.9 Å². The second kappa shape index (κ2) is 5.28. The molecular weight excluding hydrogens is 286 g/mol. The van der Waals surface area contributed by atoms with Crippen molar-refractivity contribution in [1.29, 1.82) is 0 Å². The number of nitrogens with zero attached hydrogens (tertiary/aromatic N) is 2. The molecule has 2 aromatic heterocycles. The zero-order valence-corrected chi connectivity index (χ0v) is 11.5. The molecule has 110 valence electrons. The van der Waals surface area contributed by atoms with E-state index in [9.17, 15) is 14.7 Å². The maximum Gasteiger partial charge on any atom is 0.335 e. The third kappa shape index (κ3) is 2.51. The van der Waals surface area contributed by atoms with E-state index in [0.717, 1.165) is 5.56 Å². The average Bonchev–Trinajstić information content (AvgIpc) is 3.00. The van der Waals surface area contributed by atoms with Gasteiger partial charge in [0.25, 0.3) is 5.91 Å². The average molecular weight is 297 g/mol. The molecule has 1 amide bonds. The molecule has 0 aliphatic heterocycles. The highest BCUT2D eigenvalue weighted by molar-refractivity contribution is 6.09. The Morgan fingerprint density at radius 3 is 2.77 bits per heavy atom. The van der Waals surface area contributed by atoms with Gasteiger partial charge in [0, 0.05) is 17.6 Å². The molecule has 0 unspecified atom stereocenters. The van der Waals surface area contributed by atoms with Gasteiger partial charge in [-0.15, -0.1) is 0 Å². The summed E-state index contributed by atoms with van der Waals surface area (Å²) in [6, 6.07) is 6.10. The summed E-state index contributed by atoms with van der Waals surface area (Å²) in [5, 5.41) is 16.0. The number of aryl methyl sites for hydroxylation is 1. The van der Waals surface area contributed by atoms with E-state index in [0.29, 0.717) is 16.6 Å². The standard InChI is InChI=1S/C15H11N3O4/c1-8-4-9-5-10(15(20)21)6-12(13(9)16-7-8)17-14(19)11-2-3-22-18-11/h2-7H,1H3,(H,17,19)(H,20,21). The molecule has 0 spiro atoms. The van der Waals surface area contributed by atoms with E-state index in [2.05, 4.69) is 20.0 Å². The molecule has 7 heteroatoms. The summed E-state index contributed by atoms with van der Waals surface area (Å²) in [5.41, 5.74) is 1.87. The maximum absolute atomic E-state index is 12.1. The van der Waals surface area contributed by atoms with Crippen molar-refractivity contribution in [3.8, 4) is 0 Å². The Morgan fingerprint density at radius 1 is 1.27 bits per heavy atom. The smallest absolute Gasteiger partial charge is 0.335 e. The van der Waals surface area contributed by atoms with E-state index in [1.54, 1.807) is 12.3 Å². The Bertz CT molecular complexity index is 872. The lowest BCUT2D eigenvalue weighted by Crippen LogP contribution is -2.13. The summed E-state index contributed by atoms with van der Waals surface area (Å²) in [4.78, 5) is 27.6. The number of carboxylic acid groups (broad SMARTS) is 1. The van der Waals surface area contributed by atoms with Crippen molar-refractivity contribution in [2.75, 3.05) is 5.32 Å². The van der Waals surface area contributed by atoms with Crippen molar-refractivity contribution in [2.45, 2.75) is 6.92 Å². The van der Waals surface area contributed by atoms with E-state index in [1.807, 2.05) is 6.92 Å². The van der Waals surface area contributed by atoms with Gasteiger partial charge >= 0.3 is 5.97 Å². The van der Waals surface area contributed by atoms with Crippen LogP contribution in [0.3, 0.4) is 0 Å². The fourth-order valence-electron chi connectivity index (χ4n) is 2.09. The molecule has 0 atom stereocenters. The molecule has 0 fully saturated rings. The Hall–Kier alpha value is -3.22. The molecule has 7 nitrogen and oxygen atoms in total. The van der Waals surface area contributed by atoms with Crippen molar-refractivity contribution >= 4 is 28.5 Å². The third-order valence-electron chi connectivity index (χ3n) is 3.09. The number of hydrogen-bond acceptors (Lipinski definition) is 5. The second-order valence-corrected chi connectivity index (χ2v) is 4.75. The van der Waals surface area contributed by atoms with Crippen molar-refractivity contribution in [3.63, 3.8) is 0 Å². The predicted octanol–water partition coefficient (Wildman–Crippen LogP) is 2.48. The first-order chi connectivity index (χ1) is 10.5. The van der Waals surface area contributed by atoms with Crippen LogP contribution in [0.4, 0.5) is 5.69 Å². The highest BCUT2D eigenvalue weighted by Gasteiger charge is 2.15. The number of pyridine rings is 1. The summed E-state index contributed by atoms with van der Waals surface area (Å²) in [6.45, 7) is 1.85. The monoisotopic (exact) mass is 297 g/mol. The zero-order valence-electron chi connectivity index (χ0n) is 11.5. The first-order valence-corrected chi connectivity index (χ1v) is 6.40. The van der Waals surface area contributed by atoms with Crippen molar-refractivity contribution in [1.82, 2.24) is 10.1 Å². The van der Waals surface area contributed by atoms with Crippen LogP contribution in [0.15, 0.2) is 41.2 Å². The van der Waals surface area contributed by atoms with E-state index in [1.165, 1.54) is 24.5 Å². The second-order valence-electron chi connectivity index (χ2n) is 4.75. The number of rotatable bonds is 3. The molecule has 3 rings (SSSR count). The van der Waals surface area contributed by atoms with Gasteiger partial charge in [-0.3, -0.25) is 9.78 Å². The number of hydrogen-bond donors (Lipinski definition) is 2. The van der Waals surface area contributed by atoms with Gasteiger partial charge in [0.1, 0.15) is 6.26 Å². The molecule has 0 saturated heterocycles. The molecule has 22 heavy (non-hydrogen) atoms. The first kappa shape index (κ1) is 13.7. The van der Waals surface area contributed by atoms with Crippen LogP contribution in [0.5, 0.6) is 0 Å². The van der Waals surface area contributed by atoms with Gasteiger partial charge in [-0.25, -0.2) is 4.79 Å². The van der Waals surface area contributed by atoms with Crippen LogP contribution in [0.1, 0.15) is 26.4 Å². The lowest BCUT2D eigenvalue weighted by molar-refractivity contribution is 0.0696. The van der Waals surface area contributed by atoms with Crippen LogP contribution in [0.2, 0.25) is 0 Å². The van der Waals surface area contributed by atoms with E-state index >= 15 is 0 Å². The Kier molecular flexibility index (Phi) is 3.30. The number of fused-ring (bicyclic) bond motifs is 1. The highest BCUT2D eigenvalue weighted by Crippen LogP contribution is 2.25. The van der Waals surface area contributed by atoms with Crippen LogP contribution >= 0.6 is 0 Å². The summed E-state index contributed by atoms with van der Waals surface area (Å²) >= 11 is 0. The number of aromatic carboxylic acids is 1. The molecule has 1 aromatic carbocycles. The van der Waals surface area contributed by atoms with E-state index in [-0.39, 0.29) is 11.3 Å². The third-order valence-corrected chi connectivity index (χ3v) is 3.09. The normalized spacial score (nSPS) is 10.6. The molecule has 0 aliphatic carbocycles. The topological polar surface area (TPSA) is 105 Å². The number of carbonyl (C=O) groups excluding carboxylic acids is 1. The zero-order chi connectivity index (χ0) is 15.7. The van der Waals surface area contributed by atoms with Gasteiger partial charge in [-0.05, 0) is 30.7 Å². The first-order valence-electron chi connectivity index (χ1n) is 6.40. The number of aromatic nitrogens is 2. The molecule has 2 heterocycles. The maximum atomic E-state index is 12.1. The quantitative estimate of drug-likeness (QED) is 0.769. The Labute approximate surface area is 124 Å². The Morgan fingerprint density at radius 2 is 2.09 bits per heavy atom. The fraction of sp³-hybridized carbons (Fsp3) is 0.0667. The molecule has 0 aliphatic rings. The van der Waals surface area contributed by atoms with Gasteiger partial charge in [0.05, 0.1) is 16.8 Å². The molecule has 0 radical (unpaired) electrons. The summed E-state index contributed by atoms with van der Waals surface area (Å²) in [5.74, 6) is -1.58. The van der Waals surface area contributed by atoms with Gasteiger partial charge < -0.3 is 14.9 Å². The van der Waals surface area contributed by atoms with Crippen LogP contribution in [-0.2, 0) is 0 Å². The lowest BCUT2D eigenvalue weighted by atomic mass is 10.1. The SMILES string of the molecule is Cc1cnc2c(NC(=O)c3ccon3)cc(C(=O)O)cc2c1. The molecule has 2 N–H and O–H groups in total. The van der Waals surface area contributed by atoms with Gasteiger partial charge in [-0.2, -0.15) is 0 Å². The number of anilines is 1. The summed E-state index contributed by atoms with van der Waals surface area (Å²) in [6.07, 6.45) is 2.93. The number of nitrogens with one attached hydrogen (secondary N) is 1. The number of carbonyl (C=O) groups is 2. The number of benzene rings is 1. The fourth-order valence-corrected chi connectivity index (χ4v) is 2.09. The minimum Gasteiger partial charge on any atom is -0.478 e. The molecule has 0 saturated carbocycles. The van der Waals surface area contributed by atoms with Crippen LogP contribution in [-0.4, -0.2) is 27.1 Å². The number of carboxylic acids is 1. The summed E-state index contributed by atoms with van der Waals surface area (Å²) < 4.78 is 4.62. The largest absolute Gasteiger partial charge is 0.478 e. The Balaban J connectivity index is 2.10. The lowest BCUT2D eigenvalue weighted by Gasteiger charge is -2.09.